The summed E-state index contributed by atoms with van der Waals surface area (Å²) < 4.78 is 0. The number of benzene rings is 1. The highest BCUT2D eigenvalue weighted by atomic mass is 28.3. The summed E-state index contributed by atoms with van der Waals surface area (Å²) in [6.07, 6.45) is 1.89. The second-order valence-electron chi connectivity index (χ2n) is 4.63. The van der Waals surface area contributed by atoms with E-state index in [1.807, 2.05) is 6.07 Å². The molecule has 0 amide bonds. The van der Waals surface area contributed by atoms with Crippen LogP contribution in [0.15, 0.2) is 18.2 Å². The molecule has 1 nitrogen and oxygen atoms in total. The van der Waals surface area contributed by atoms with Crippen LogP contribution in [-0.2, 0) is 6.42 Å². The SMILES string of the molecule is CCc1cc([Si](C)(C)C)ccc1C=O. The Kier molecular flexibility index (Phi) is 3.27. The van der Waals surface area contributed by atoms with E-state index in [9.17, 15) is 4.79 Å². The largest absolute Gasteiger partial charge is 0.298 e. The molecule has 0 N–H and O–H groups in total. The molecule has 0 aliphatic rings. The van der Waals surface area contributed by atoms with Gasteiger partial charge in [0.15, 0.2) is 0 Å². The molecule has 2 heteroatoms. The molecular formula is C12H18OSi. The predicted molar refractivity (Wildman–Crippen MR) is 64.2 cm³/mol. The summed E-state index contributed by atoms with van der Waals surface area (Å²) in [7, 11) is -1.23. The maximum Gasteiger partial charge on any atom is 0.150 e. The van der Waals surface area contributed by atoms with Crippen molar-refractivity contribution in [2.24, 2.45) is 0 Å². The summed E-state index contributed by atoms with van der Waals surface area (Å²) in [6, 6.07) is 6.27. The second-order valence-corrected chi connectivity index (χ2v) is 9.71. The summed E-state index contributed by atoms with van der Waals surface area (Å²) in [5.41, 5.74) is 2.02. The first kappa shape index (κ1) is 11.2. The van der Waals surface area contributed by atoms with Crippen LogP contribution in [0.3, 0.4) is 0 Å². The van der Waals surface area contributed by atoms with Crippen molar-refractivity contribution in [1.29, 1.82) is 0 Å². The van der Waals surface area contributed by atoms with Crippen LogP contribution in [0.1, 0.15) is 22.8 Å². The van der Waals surface area contributed by atoms with Gasteiger partial charge >= 0.3 is 0 Å². The van der Waals surface area contributed by atoms with Gasteiger partial charge in [-0.25, -0.2) is 0 Å². The fraction of sp³-hybridized carbons (Fsp3) is 0.417. The quantitative estimate of drug-likeness (QED) is 0.549. The van der Waals surface area contributed by atoms with Crippen LogP contribution in [0.5, 0.6) is 0 Å². The molecule has 0 aliphatic heterocycles. The average molecular weight is 206 g/mol. The van der Waals surface area contributed by atoms with Crippen molar-refractivity contribution in [2.75, 3.05) is 0 Å². The van der Waals surface area contributed by atoms with E-state index in [1.54, 1.807) is 0 Å². The highest BCUT2D eigenvalue weighted by molar-refractivity contribution is 6.88. The minimum atomic E-state index is -1.23. The number of aryl methyl sites for hydroxylation is 1. The Labute approximate surface area is 87.2 Å². The lowest BCUT2D eigenvalue weighted by molar-refractivity contribution is 0.112. The lowest BCUT2D eigenvalue weighted by atomic mass is 10.1. The van der Waals surface area contributed by atoms with Crippen LogP contribution in [0.25, 0.3) is 0 Å². The standard InChI is InChI=1S/C12H18OSi/c1-5-10-8-12(14(2,3)4)7-6-11(10)9-13/h6-9H,5H2,1-4H3. The Bertz CT molecular complexity index is 337. The summed E-state index contributed by atoms with van der Waals surface area (Å²) in [5.74, 6) is 0. The number of carbonyl (C=O) groups excluding carboxylic acids is 1. The Morgan fingerprint density at radius 2 is 1.93 bits per heavy atom. The lowest BCUT2D eigenvalue weighted by Crippen LogP contribution is -2.37. The zero-order valence-electron chi connectivity index (χ0n) is 9.42. The van der Waals surface area contributed by atoms with Crippen LogP contribution in [-0.4, -0.2) is 14.4 Å². The molecule has 0 aromatic heterocycles. The minimum absolute atomic E-state index is 0.842. The van der Waals surface area contributed by atoms with Gasteiger partial charge in [0.25, 0.3) is 0 Å². The van der Waals surface area contributed by atoms with E-state index in [-0.39, 0.29) is 0 Å². The topological polar surface area (TPSA) is 17.1 Å². The van der Waals surface area contributed by atoms with Crippen molar-refractivity contribution in [2.45, 2.75) is 33.0 Å². The molecule has 1 aromatic carbocycles. The minimum Gasteiger partial charge on any atom is -0.298 e. The third-order valence-corrected chi connectivity index (χ3v) is 4.56. The lowest BCUT2D eigenvalue weighted by Gasteiger charge is -2.18. The first-order valence-electron chi connectivity index (χ1n) is 5.07. The van der Waals surface area contributed by atoms with Gasteiger partial charge in [0.2, 0.25) is 0 Å². The molecular weight excluding hydrogens is 188 g/mol. The van der Waals surface area contributed by atoms with E-state index < -0.39 is 8.07 Å². The molecule has 0 atom stereocenters. The molecule has 0 saturated carbocycles. The molecule has 0 spiro atoms. The van der Waals surface area contributed by atoms with Gasteiger partial charge < -0.3 is 0 Å². The van der Waals surface area contributed by atoms with Gasteiger partial charge in [0.05, 0.1) is 8.07 Å². The van der Waals surface area contributed by atoms with E-state index >= 15 is 0 Å². The normalized spacial score (nSPS) is 11.4. The Morgan fingerprint density at radius 1 is 1.29 bits per heavy atom. The molecule has 76 valence electrons. The smallest absolute Gasteiger partial charge is 0.150 e. The van der Waals surface area contributed by atoms with Crippen LogP contribution in [0.4, 0.5) is 0 Å². The van der Waals surface area contributed by atoms with E-state index in [1.165, 1.54) is 10.8 Å². The van der Waals surface area contributed by atoms with E-state index in [0.717, 1.165) is 18.3 Å². The van der Waals surface area contributed by atoms with E-state index in [0.29, 0.717) is 0 Å². The maximum absolute atomic E-state index is 10.8. The third kappa shape index (κ3) is 2.32. The number of aldehydes is 1. The fourth-order valence-corrected chi connectivity index (χ4v) is 2.68. The molecule has 0 radical (unpaired) electrons. The Hall–Kier alpha value is -0.893. The average Bonchev–Trinajstić information content (AvgIpc) is 2.15. The summed E-state index contributed by atoms with van der Waals surface area (Å²) >= 11 is 0. The van der Waals surface area contributed by atoms with Gasteiger partial charge in [-0.2, -0.15) is 0 Å². The van der Waals surface area contributed by atoms with Crippen molar-refractivity contribution >= 4 is 19.5 Å². The van der Waals surface area contributed by atoms with Crippen LogP contribution in [0, 0.1) is 0 Å². The number of hydrogen-bond acceptors (Lipinski definition) is 1. The van der Waals surface area contributed by atoms with Gasteiger partial charge in [-0.1, -0.05) is 50.0 Å². The molecule has 0 unspecified atom stereocenters. The van der Waals surface area contributed by atoms with Crippen molar-refractivity contribution < 1.29 is 4.79 Å². The highest BCUT2D eigenvalue weighted by Crippen LogP contribution is 2.09. The van der Waals surface area contributed by atoms with Gasteiger partial charge in [-0.3, -0.25) is 4.79 Å². The number of rotatable bonds is 3. The Morgan fingerprint density at radius 3 is 2.36 bits per heavy atom. The molecule has 0 saturated heterocycles. The van der Waals surface area contributed by atoms with Crippen molar-refractivity contribution in [3.8, 4) is 0 Å². The zero-order chi connectivity index (χ0) is 10.8. The summed E-state index contributed by atoms with van der Waals surface area (Å²) in [6.45, 7) is 9.06. The summed E-state index contributed by atoms with van der Waals surface area (Å²) in [4.78, 5) is 10.8. The first-order valence-corrected chi connectivity index (χ1v) is 8.57. The predicted octanol–water partition coefficient (Wildman–Crippen LogP) is 2.61. The zero-order valence-corrected chi connectivity index (χ0v) is 10.4. The van der Waals surface area contributed by atoms with Gasteiger partial charge in [-0.15, -0.1) is 0 Å². The van der Waals surface area contributed by atoms with E-state index in [2.05, 4.69) is 38.7 Å². The van der Waals surface area contributed by atoms with Crippen molar-refractivity contribution in [1.82, 2.24) is 0 Å². The summed E-state index contributed by atoms with van der Waals surface area (Å²) in [5, 5.41) is 1.43. The molecule has 0 bridgehead atoms. The van der Waals surface area contributed by atoms with E-state index in [4.69, 9.17) is 0 Å². The van der Waals surface area contributed by atoms with Crippen LogP contribution < -0.4 is 5.19 Å². The van der Waals surface area contributed by atoms with Crippen molar-refractivity contribution in [3.05, 3.63) is 29.3 Å². The molecule has 1 aromatic rings. The number of carbonyl (C=O) groups is 1. The number of hydrogen-bond donors (Lipinski definition) is 0. The molecule has 0 aliphatic carbocycles. The maximum atomic E-state index is 10.8. The molecule has 0 fully saturated rings. The highest BCUT2D eigenvalue weighted by Gasteiger charge is 2.17. The fourth-order valence-electron chi connectivity index (χ4n) is 1.49. The Balaban J connectivity index is 3.21. The first-order chi connectivity index (χ1) is 6.49. The monoisotopic (exact) mass is 206 g/mol. The van der Waals surface area contributed by atoms with Crippen LogP contribution in [0.2, 0.25) is 19.6 Å². The van der Waals surface area contributed by atoms with Crippen LogP contribution >= 0.6 is 0 Å². The second kappa shape index (κ2) is 4.09. The van der Waals surface area contributed by atoms with Gasteiger partial charge in [0, 0.05) is 5.56 Å². The van der Waals surface area contributed by atoms with Crippen molar-refractivity contribution in [3.63, 3.8) is 0 Å². The molecule has 1 rings (SSSR count). The third-order valence-electron chi connectivity index (χ3n) is 2.52. The molecule has 14 heavy (non-hydrogen) atoms. The van der Waals surface area contributed by atoms with Gasteiger partial charge in [-0.05, 0) is 12.0 Å². The molecule has 0 heterocycles. The van der Waals surface area contributed by atoms with Gasteiger partial charge in [0.1, 0.15) is 6.29 Å².